The molecule has 8 nitrogen and oxygen atoms in total. The molecular formula is C25H23Cl2N7O. The molecule has 0 radical (unpaired) electrons. The van der Waals surface area contributed by atoms with Crippen molar-refractivity contribution in [2.45, 2.75) is 39.7 Å². The van der Waals surface area contributed by atoms with Crippen LogP contribution in [-0.2, 0) is 6.42 Å². The van der Waals surface area contributed by atoms with Gasteiger partial charge in [-0.2, -0.15) is 10.3 Å². The van der Waals surface area contributed by atoms with Gasteiger partial charge in [0.05, 0.1) is 22.8 Å². The van der Waals surface area contributed by atoms with E-state index in [0.29, 0.717) is 33.7 Å². The van der Waals surface area contributed by atoms with Gasteiger partial charge in [0.2, 0.25) is 0 Å². The standard InChI is InChI=1S/C25H23Cl2N7O/c1-15-22(24(35)28-25(2,3)4)31-34(23(15)17-9-11-18(26)12-10-17)20-13-8-16(14-19(20)27)6-5-7-21-29-32-33-30-21/h8-14H,7H2,1-4H3,(H,28,35)(H,29,30,32,33). The molecule has 0 fully saturated rings. The normalized spacial score (nSPS) is 11.1. The van der Waals surface area contributed by atoms with Gasteiger partial charge < -0.3 is 5.32 Å². The van der Waals surface area contributed by atoms with E-state index in [0.717, 1.165) is 22.4 Å². The van der Waals surface area contributed by atoms with Gasteiger partial charge in [0.15, 0.2) is 11.5 Å². The molecule has 0 saturated carbocycles. The summed E-state index contributed by atoms with van der Waals surface area (Å²) in [6.45, 7) is 7.64. The molecule has 0 aliphatic rings. The van der Waals surface area contributed by atoms with Gasteiger partial charge in [-0.1, -0.05) is 52.4 Å². The van der Waals surface area contributed by atoms with Crippen LogP contribution >= 0.6 is 23.2 Å². The van der Waals surface area contributed by atoms with E-state index in [4.69, 9.17) is 23.2 Å². The predicted octanol–water partition coefficient (Wildman–Crippen LogP) is 4.79. The molecule has 4 aromatic rings. The van der Waals surface area contributed by atoms with Gasteiger partial charge in [-0.3, -0.25) is 4.79 Å². The van der Waals surface area contributed by atoms with Crippen molar-refractivity contribution in [1.82, 2.24) is 35.7 Å². The number of aromatic amines is 1. The van der Waals surface area contributed by atoms with Crippen LogP contribution in [0.3, 0.4) is 0 Å². The Morgan fingerprint density at radius 2 is 1.89 bits per heavy atom. The fraction of sp³-hybridized carbons (Fsp3) is 0.240. The maximum atomic E-state index is 13.0. The first-order valence-corrected chi connectivity index (χ1v) is 11.6. The van der Waals surface area contributed by atoms with Crippen LogP contribution in [-0.4, -0.2) is 41.9 Å². The molecule has 35 heavy (non-hydrogen) atoms. The molecule has 0 unspecified atom stereocenters. The van der Waals surface area contributed by atoms with E-state index in [-0.39, 0.29) is 5.91 Å². The number of nitrogens with zero attached hydrogens (tertiary/aromatic N) is 5. The number of halogens is 2. The predicted molar refractivity (Wildman–Crippen MR) is 136 cm³/mol. The van der Waals surface area contributed by atoms with Crippen molar-refractivity contribution in [1.29, 1.82) is 0 Å². The zero-order valence-electron chi connectivity index (χ0n) is 19.6. The van der Waals surface area contributed by atoms with Crippen molar-refractivity contribution >= 4 is 29.1 Å². The lowest BCUT2D eigenvalue weighted by molar-refractivity contribution is 0.0913. The second-order valence-electron chi connectivity index (χ2n) is 8.92. The fourth-order valence-electron chi connectivity index (χ4n) is 3.47. The maximum Gasteiger partial charge on any atom is 0.272 e. The van der Waals surface area contributed by atoms with E-state index >= 15 is 0 Å². The third-order valence-corrected chi connectivity index (χ3v) is 5.54. The molecule has 10 heteroatoms. The van der Waals surface area contributed by atoms with Gasteiger partial charge in [0.25, 0.3) is 5.91 Å². The SMILES string of the molecule is Cc1c(C(=O)NC(C)(C)C)nn(-c2ccc(C#CCc3nn[nH]n3)cc2Cl)c1-c1ccc(Cl)cc1. The largest absolute Gasteiger partial charge is 0.346 e. The molecule has 2 heterocycles. The summed E-state index contributed by atoms with van der Waals surface area (Å²) in [4.78, 5) is 13.0. The average Bonchev–Trinajstić information content (AvgIpc) is 3.41. The number of aromatic nitrogens is 6. The van der Waals surface area contributed by atoms with E-state index in [1.54, 1.807) is 22.9 Å². The van der Waals surface area contributed by atoms with E-state index in [1.165, 1.54) is 0 Å². The first kappa shape index (κ1) is 24.5. The minimum Gasteiger partial charge on any atom is -0.346 e. The number of rotatable bonds is 4. The van der Waals surface area contributed by atoms with Crippen LogP contribution in [0.15, 0.2) is 42.5 Å². The molecule has 178 valence electrons. The molecule has 0 saturated heterocycles. The Bertz CT molecular complexity index is 1420. The third kappa shape index (κ3) is 5.70. The molecule has 2 N–H and O–H groups in total. The summed E-state index contributed by atoms with van der Waals surface area (Å²) in [7, 11) is 0. The monoisotopic (exact) mass is 507 g/mol. The highest BCUT2D eigenvalue weighted by molar-refractivity contribution is 6.32. The molecule has 2 aromatic carbocycles. The molecule has 4 rings (SSSR count). The van der Waals surface area contributed by atoms with Crippen molar-refractivity contribution in [3.05, 3.63) is 75.2 Å². The Kier molecular flexibility index (Phi) is 6.92. The number of carbonyl (C=O) groups excluding carboxylic acids is 1. The number of amides is 1. The number of hydrogen-bond acceptors (Lipinski definition) is 5. The van der Waals surface area contributed by atoms with Gasteiger partial charge in [0.1, 0.15) is 0 Å². The van der Waals surface area contributed by atoms with Crippen molar-refractivity contribution in [2.24, 2.45) is 0 Å². The summed E-state index contributed by atoms with van der Waals surface area (Å²) in [5, 5.41) is 22.4. The first-order valence-electron chi connectivity index (χ1n) is 10.8. The topological polar surface area (TPSA) is 101 Å². The third-order valence-electron chi connectivity index (χ3n) is 4.99. The second-order valence-corrected chi connectivity index (χ2v) is 9.76. The number of tetrazole rings is 1. The molecule has 0 bridgehead atoms. The summed E-state index contributed by atoms with van der Waals surface area (Å²) in [5.74, 6) is 6.31. The minimum atomic E-state index is -0.410. The highest BCUT2D eigenvalue weighted by atomic mass is 35.5. The lowest BCUT2D eigenvalue weighted by atomic mass is 10.0. The quantitative estimate of drug-likeness (QED) is 0.386. The fourth-order valence-corrected chi connectivity index (χ4v) is 3.86. The van der Waals surface area contributed by atoms with Crippen molar-refractivity contribution < 1.29 is 4.79 Å². The average molecular weight is 508 g/mol. The van der Waals surface area contributed by atoms with Crippen LogP contribution < -0.4 is 5.32 Å². The van der Waals surface area contributed by atoms with E-state index in [2.05, 4.69) is 42.9 Å². The number of nitrogens with one attached hydrogen (secondary N) is 2. The Morgan fingerprint density at radius 1 is 1.14 bits per heavy atom. The van der Waals surface area contributed by atoms with Crippen LogP contribution in [0.25, 0.3) is 16.9 Å². The van der Waals surface area contributed by atoms with Crippen molar-refractivity contribution in [3.8, 4) is 28.8 Å². The lowest BCUT2D eigenvalue weighted by Crippen LogP contribution is -2.41. The van der Waals surface area contributed by atoms with Gasteiger partial charge in [-0.05, 0) is 58.0 Å². The van der Waals surface area contributed by atoms with Crippen LogP contribution in [0.4, 0.5) is 0 Å². The van der Waals surface area contributed by atoms with Gasteiger partial charge in [0, 0.05) is 27.3 Å². The molecular weight excluding hydrogens is 485 g/mol. The molecule has 2 aromatic heterocycles. The zero-order chi connectivity index (χ0) is 25.2. The Hall–Kier alpha value is -3.67. The molecule has 0 atom stereocenters. The lowest BCUT2D eigenvalue weighted by Gasteiger charge is -2.19. The number of hydrogen-bond donors (Lipinski definition) is 2. The van der Waals surface area contributed by atoms with Crippen LogP contribution in [0.2, 0.25) is 10.0 Å². The highest BCUT2D eigenvalue weighted by Crippen LogP contribution is 2.32. The van der Waals surface area contributed by atoms with Gasteiger partial charge in [-0.25, -0.2) is 4.68 Å². The number of H-pyrrole nitrogens is 1. The highest BCUT2D eigenvalue weighted by Gasteiger charge is 2.25. The molecule has 0 aliphatic heterocycles. The van der Waals surface area contributed by atoms with E-state index in [9.17, 15) is 4.79 Å². The van der Waals surface area contributed by atoms with E-state index < -0.39 is 5.54 Å². The van der Waals surface area contributed by atoms with Crippen molar-refractivity contribution in [2.75, 3.05) is 0 Å². The Labute approximate surface area is 213 Å². The van der Waals surface area contributed by atoms with Crippen molar-refractivity contribution in [3.63, 3.8) is 0 Å². The maximum absolute atomic E-state index is 13.0. The van der Waals surface area contributed by atoms with Crippen LogP contribution in [0.1, 0.15) is 48.2 Å². The Morgan fingerprint density at radius 3 is 2.51 bits per heavy atom. The summed E-state index contributed by atoms with van der Waals surface area (Å²) in [6, 6.07) is 12.8. The second kappa shape index (κ2) is 9.90. The zero-order valence-corrected chi connectivity index (χ0v) is 21.2. The Balaban J connectivity index is 1.76. The van der Waals surface area contributed by atoms with Gasteiger partial charge in [-0.15, -0.1) is 10.2 Å². The summed E-state index contributed by atoms with van der Waals surface area (Å²) >= 11 is 12.8. The number of benzene rings is 2. The number of carbonyl (C=O) groups is 1. The molecule has 0 aliphatic carbocycles. The summed E-state index contributed by atoms with van der Waals surface area (Å²) in [5.41, 5.74) is 3.60. The molecule has 0 spiro atoms. The van der Waals surface area contributed by atoms with E-state index in [1.807, 2.05) is 52.0 Å². The minimum absolute atomic E-state index is 0.260. The van der Waals surface area contributed by atoms with Crippen LogP contribution in [0.5, 0.6) is 0 Å². The smallest absolute Gasteiger partial charge is 0.272 e. The van der Waals surface area contributed by atoms with Gasteiger partial charge >= 0.3 is 0 Å². The summed E-state index contributed by atoms with van der Waals surface area (Å²) in [6.07, 6.45) is 0.362. The summed E-state index contributed by atoms with van der Waals surface area (Å²) < 4.78 is 1.69. The first-order chi connectivity index (χ1) is 16.6. The van der Waals surface area contributed by atoms with Crippen LogP contribution in [0, 0.1) is 18.8 Å². The molecule has 1 amide bonds.